The molecule has 0 atom stereocenters. The molecule has 4 aromatic carbocycles. The van der Waals surface area contributed by atoms with Gasteiger partial charge in [-0.3, -0.25) is 0 Å². The molecule has 0 aromatic heterocycles. The molecule has 0 saturated carbocycles. The van der Waals surface area contributed by atoms with Crippen molar-refractivity contribution in [3.63, 3.8) is 0 Å². The number of hydrogen-bond donors (Lipinski definition) is 0. The van der Waals surface area contributed by atoms with E-state index in [4.69, 9.17) is 0 Å². The van der Waals surface area contributed by atoms with Crippen molar-refractivity contribution in [2.75, 3.05) is 0 Å². The van der Waals surface area contributed by atoms with Gasteiger partial charge in [0.2, 0.25) is 0 Å². The van der Waals surface area contributed by atoms with Crippen LogP contribution >= 0.6 is 0 Å². The second-order valence-corrected chi connectivity index (χ2v) is 18.5. The van der Waals surface area contributed by atoms with Crippen LogP contribution in [-0.4, -0.2) is 17.8 Å². The van der Waals surface area contributed by atoms with E-state index < -0.39 is 39.7 Å². The van der Waals surface area contributed by atoms with Gasteiger partial charge in [0.05, 0.1) is 0 Å². The Morgan fingerprint density at radius 2 is 0.656 bits per heavy atom. The van der Waals surface area contributed by atoms with Gasteiger partial charge < -0.3 is 0 Å². The zero-order valence-electron chi connectivity index (χ0n) is 37.0. The van der Waals surface area contributed by atoms with Crippen LogP contribution in [0, 0.1) is 0 Å². The quantitative estimate of drug-likeness (QED) is 0.0546. The minimum absolute atomic E-state index is 0.246. The first kappa shape index (κ1) is 45.2. The van der Waals surface area contributed by atoms with Crippen molar-refractivity contribution >= 4 is 11.1 Å². The van der Waals surface area contributed by atoms with Gasteiger partial charge in [0.25, 0.3) is 0 Å². The molecule has 0 spiro atoms. The van der Waals surface area contributed by atoms with Gasteiger partial charge in [-0.25, -0.2) is 0 Å². The van der Waals surface area contributed by atoms with E-state index in [9.17, 15) is 0 Å². The summed E-state index contributed by atoms with van der Waals surface area (Å²) in [6, 6.07) is 25.7. The molecule has 0 N–H and O–H groups in total. The number of fused-ring (bicyclic) bond motifs is 6. The number of benzene rings is 4. The zero-order chi connectivity index (χ0) is 43.5. The van der Waals surface area contributed by atoms with E-state index in [1.807, 2.05) is 36.4 Å². The topological polar surface area (TPSA) is 0 Å². The Labute approximate surface area is 361 Å². The fourth-order valence-corrected chi connectivity index (χ4v) is 11.4. The maximum absolute atomic E-state index is 16.7. The van der Waals surface area contributed by atoms with Crippen molar-refractivity contribution < 1.29 is 26.3 Å². The van der Waals surface area contributed by atoms with E-state index in [1.54, 1.807) is 24.3 Å². The van der Waals surface area contributed by atoms with E-state index >= 15 is 26.3 Å². The molecule has 0 saturated heterocycles. The summed E-state index contributed by atoms with van der Waals surface area (Å²) in [5.74, 6) is -15.9. The van der Waals surface area contributed by atoms with Crippen LogP contribution in [0.4, 0.5) is 26.3 Å². The number of allylic oxidation sites excluding steroid dienone is 2. The number of alkyl halides is 6. The third kappa shape index (κ3) is 7.72. The van der Waals surface area contributed by atoms with Crippen molar-refractivity contribution in [3.8, 4) is 22.3 Å². The van der Waals surface area contributed by atoms with Gasteiger partial charge in [0.1, 0.15) is 0 Å². The highest BCUT2D eigenvalue weighted by atomic mass is 19.3. The van der Waals surface area contributed by atoms with E-state index in [1.165, 1.54) is 12.1 Å². The summed E-state index contributed by atoms with van der Waals surface area (Å²) in [4.78, 5) is 0. The van der Waals surface area contributed by atoms with Crippen molar-refractivity contribution in [2.24, 2.45) is 0 Å². The largest absolute Gasteiger partial charge is 0.380 e. The van der Waals surface area contributed by atoms with Crippen LogP contribution in [0.2, 0.25) is 0 Å². The third-order valence-corrected chi connectivity index (χ3v) is 14.6. The first-order valence-corrected chi connectivity index (χ1v) is 23.8. The Morgan fingerprint density at radius 1 is 0.344 bits per heavy atom. The normalized spacial score (nSPS) is 18.3. The second kappa shape index (κ2) is 18.5. The van der Waals surface area contributed by atoms with Gasteiger partial charge in [-0.05, 0) is 93.5 Å². The summed E-state index contributed by atoms with van der Waals surface area (Å²) in [5.41, 5.74) is 3.50. The summed E-state index contributed by atoms with van der Waals surface area (Å²) in [6.07, 6.45) is 19.3. The van der Waals surface area contributed by atoms with E-state index in [0.29, 0.717) is 0 Å². The SMILES string of the molecule is CCCCCCC1(CCCCCC)c2ccccc2-c2ccc(C3=C(c4ccc5c(c4)C(CCCCCC)(CCCCCC)c4ccccc4-5)C(F)(F)C(F)(F)C3(F)F)cc21. The number of unbranched alkanes of at least 4 members (excludes halogenated alkanes) is 12. The molecule has 0 unspecified atom stereocenters. The standard InChI is InChI=1S/C55H66F6/c1-5-9-13-21-33-51(34-22-14-10-6-2)45-27-19-17-25-41(45)43-31-29-39(37-47(43)51)49-50(54(58,59)55(60,61)53(49,56)57)40-30-32-44-42-26-18-20-28-46(42)52(48(44)38-40,35-23-15-11-7-3)36-24-16-12-8-4/h17-20,25-32,37-38H,5-16,21-24,33-36H2,1-4H3. The predicted octanol–water partition coefficient (Wildman–Crippen LogP) is 17.9. The lowest BCUT2D eigenvalue weighted by Gasteiger charge is -2.33. The minimum atomic E-state index is -5.64. The smallest absolute Gasteiger partial charge is 0.194 e. The molecule has 4 aromatic rings. The Hall–Kier alpha value is -3.80. The molecule has 3 aliphatic rings. The third-order valence-electron chi connectivity index (χ3n) is 14.6. The van der Waals surface area contributed by atoms with E-state index in [2.05, 4.69) is 39.8 Å². The lowest BCUT2D eigenvalue weighted by atomic mass is 9.70. The zero-order valence-corrected chi connectivity index (χ0v) is 37.0. The molecule has 0 aliphatic heterocycles. The van der Waals surface area contributed by atoms with Crippen molar-refractivity contribution in [3.05, 3.63) is 118 Å². The Bertz CT molecular complexity index is 2000. The number of hydrogen-bond acceptors (Lipinski definition) is 0. The highest BCUT2D eigenvalue weighted by Gasteiger charge is 2.80. The van der Waals surface area contributed by atoms with Gasteiger partial charge in [-0.1, -0.05) is 203 Å². The van der Waals surface area contributed by atoms with Gasteiger partial charge in [-0.2, -0.15) is 26.3 Å². The monoisotopic (exact) mass is 841 g/mol. The van der Waals surface area contributed by atoms with Crippen LogP contribution in [0.15, 0.2) is 84.9 Å². The molecule has 0 radical (unpaired) electrons. The summed E-state index contributed by atoms with van der Waals surface area (Å²) in [7, 11) is 0. The molecule has 61 heavy (non-hydrogen) atoms. The summed E-state index contributed by atoms with van der Waals surface area (Å²) >= 11 is 0. The summed E-state index contributed by atoms with van der Waals surface area (Å²) < 4.78 is 99.0. The van der Waals surface area contributed by atoms with Crippen molar-refractivity contribution in [1.82, 2.24) is 0 Å². The van der Waals surface area contributed by atoms with E-state index in [-0.39, 0.29) is 11.1 Å². The second-order valence-electron chi connectivity index (χ2n) is 18.5. The number of rotatable bonds is 22. The Kier molecular flexibility index (Phi) is 13.7. The average molecular weight is 841 g/mol. The maximum atomic E-state index is 16.7. The number of halogens is 6. The molecule has 0 bridgehead atoms. The van der Waals surface area contributed by atoms with Crippen LogP contribution in [0.1, 0.15) is 189 Å². The van der Waals surface area contributed by atoms with Gasteiger partial charge in [-0.15, -0.1) is 0 Å². The van der Waals surface area contributed by atoms with Crippen LogP contribution in [0.5, 0.6) is 0 Å². The summed E-state index contributed by atoms with van der Waals surface area (Å²) in [5, 5.41) is 0. The van der Waals surface area contributed by atoms with Crippen LogP contribution in [0.25, 0.3) is 33.4 Å². The highest BCUT2D eigenvalue weighted by Crippen LogP contribution is 2.66. The molecule has 6 heteroatoms. The Balaban J connectivity index is 1.43. The summed E-state index contributed by atoms with van der Waals surface area (Å²) in [6.45, 7) is 8.64. The van der Waals surface area contributed by atoms with Crippen LogP contribution in [0.3, 0.4) is 0 Å². The Morgan fingerprint density at radius 3 is 0.984 bits per heavy atom. The molecule has 328 valence electrons. The molecular weight excluding hydrogens is 775 g/mol. The first-order valence-electron chi connectivity index (χ1n) is 23.8. The molecule has 0 fully saturated rings. The fraction of sp³-hybridized carbons (Fsp3) is 0.527. The van der Waals surface area contributed by atoms with Crippen molar-refractivity contribution in [2.45, 2.75) is 185 Å². The van der Waals surface area contributed by atoms with Crippen LogP contribution < -0.4 is 0 Å². The van der Waals surface area contributed by atoms with Gasteiger partial charge in [0, 0.05) is 22.0 Å². The maximum Gasteiger partial charge on any atom is 0.380 e. The van der Waals surface area contributed by atoms with Gasteiger partial charge >= 0.3 is 17.8 Å². The van der Waals surface area contributed by atoms with E-state index in [0.717, 1.165) is 173 Å². The first-order chi connectivity index (χ1) is 29.4. The molecule has 0 nitrogen and oxygen atoms in total. The van der Waals surface area contributed by atoms with Crippen molar-refractivity contribution in [1.29, 1.82) is 0 Å². The highest BCUT2D eigenvalue weighted by molar-refractivity contribution is 6.02. The minimum Gasteiger partial charge on any atom is -0.194 e. The lowest BCUT2D eigenvalue weighted by Crippen LogP contribution is -2.48. The molecule has 0 amide bonds. The molecule has 3 aliphatic carbocycles. The lowest BCUT2D eigenvalue weighted by molar-refractivity contribution is -0.254. The molecule has 0 heterocycles. The van der Waals surface area contributed by atoms with Crippen LogP contribution in [-0.2, 0) is 10.8 Å². The van der Waals surface area contributed by atoms with Gasteiger partial charge in [0.15, 0.2) is 0 Å². The molecule has 7 rings (SSSR count). The molecular formula is C55H66F6. The average Bonchev–Trinajstić information content (AvgIpc) is 3.73. The predicted molar refractivity (Wildman–Crippen MR) is 242 cm³/mol. The fourth-order valence-electron chi connectivity index (χ4n) is 11.4.